The predicted molar refractivity (Wildman–Crippen MR) is 86.5 cm³/mol. The molecule has 0 aliphatic rings. The highest BCUT2D eigenvalue weighted by molar-refractivity contribution is 7.86. The minimum atomic E-state index is -4.79. The van der Waals surface area contributed by atoms with Crippen molar-refractivity contribution in [3.63, 3.8) is 0 Å². The summed E-state index contributed by atoms with van der Waals surface area (Å²) in [6, 6.07) is 8.95. The van der Waals surface area contributed by atoms with Crippen LogP contribution in [0.4, 0.5) is 5.69 Å². The van der Waals surface area contributed by atoms with Gasteiger partial charge in [0.1, 0.15) is 22.6 Å². The molecule has 0 bridgehead atoms. The molecule has 0 radical (unpaired) electrons. The Balaban J connectivity index is 2.72. The van der Waals surface area contributed by atoms with E-state index in [1.54, 1.807) is 12.1 Å². The summed E-state index contributed by atoms with van der Waals surface area (Å²) in [5, 5.41) is 20.0. The van der Waals surface area contributed by atoms with Gasteiger partial charge >= 0.3 is 0 Å². The zero-order valence-electron chi connectivity index (χ0n) is 12.2. The third-order valence-corrected chi connectivity index (χ3v) is 4.81. The molecule has 0 amide bonds. The second-order valence-electron chi connectivity index (χ2n) is 4.73. The highest BCUT2D eigenvalue weighted by Gasteiger charge is 2.20. The number of fused-ring (bicyclic) bond motifs is 1. The van der Waals surface area contributed by atoms with E-state index in [0.29, 0.717) is 6.07 Å². The van der Waals surface area contributed by atoms with Crippen molar-refractivity contribution in [3.8, 4) is 12.1 Å². The maximum absolute atomic E-state index is 11.6. The van der Waals surface area contributed by atoms with Gasteiger partial charge in [-0.25, -0.2) is 0 Å². The number of hydrogen-bond donors (Lipinski definition) is 3. The van der Waals surface area contributed by atoms with Crippen LogP contribution in [-0.4, -0.2) is 25.9 Å². The molecule has 25 heavy (non-hydrogen) atoms. The van der Waals surface area contributed by atoms with E-state index >= 15 is 0 Å². The lowest BCUT2D eigenvalue weighted by Crippen LogP contribution is -2.04. The number of allylic oxidation sites excluding steroid dienone is 1. The smallest absolute Gasteiger partial charge is 0.295 e. The van der Waals surface area contributed by atoms with Crippen LogP contribution in [0.15, 0.2) is 51.9 Å². The zero-order chi connectivity index (χ0) is 18.8. The molecular weight excluding hydrogens is 370 g/mol. The molecule has 0 saturated heterocycles. The summed E-state index contributed by atoms with van der Waals surface area (Å²) >= 11 is 0. The largest absolute Gasteiger partial charge is 0.360 e. The van der Waals surface area contributed by atoms with E-state index in [4.69, 9.17) is 15.1 Å². The Labute approximate surface area is 142 Å². The minimum Gasteiger partial charge on any atom is -0.360 e. The molecule has 2 rings (SSSR count). The monoisotopic (exact) mass is 379 g/mol. The molecule has 0 atom stereocenters. The number of rotatable bonds is 4. The Morgan fingerprint density at radius 3 is 2.16 bits per heavy atom. The van der Waals surface area contributed by atoms with Gasteiger partial charge in [-0.3, -0.25) is 9.11 Å². The summed E-state index contributed by atoms with van der Waals surface area (Å²) in [4.78, 5) is -1.41. The summed E-state index contributed by atoms with van der Waals surface area (Å²) in [6.07, 6.45) is 1.10. The summed E-state index contributed by atoms with van der Waals surface area (Å²) in [6.45, 7) is 0. The Morgan fingerprint density at radius 1 is 1.00 bits per heavy atom. The fourth-order valence-corrected chi connectivity index (χ4v) is 3.34. The van der Waals surface area contributed by atoms with Gasteiger partial charge in [0.05, 0.1) is 4.90 Å². The number of nitrogens with one attached hydrogen (secondary N) is 1. The van der Waals surface area contributed by atoms with E-state index in [0.717, 1.165) is 12.3 Å². The highest BCUT2D eigenvalue weighted by atomic mass is 32.2. The number of nitriles is 2. The maximum atomic E-state index is 11.6. The van der Waals surface area contributed by atoms with Crippen LogP contribution >= 0.6 is 0 Å². The molecule has 0 saturated carbocycles. The molecule has 0 aromatic heterocycles. The molecule has 11 heteroatoms. The van der Waals surface area contributed by atoms with Crippen LogP contribution in [0.3, 0.4) is 0 Å². The Hall–Kier alpha value is -2.96. The van der Waals surface area contributed by atoms with Crippen molar-refractivity contribution in [2.24, 2.45) is 0 Å². The highest BCUT2D eigenvalue weighted by Crippen LogP contribution is 2.29. The molecule has 0 aliphatic heterocycles. The van der Waals surface area contributed by atoms with Gasteiger partial charge in [-0.05, 0) is 29.7 Å². The van der Waals surface area contributed by atoms with Gasteiger partial charge in [0.2, 0.25) is 0 Å². The van der Waals surface area contributed by atoms with Crippen LogP contribution in [0.1, 0.15) is 0 Å². The molecule has 9 nitrogen and oxygen atoms in total. The lowest BCUT2D eigenvalue weighted by molar-refractivity contribution is 0.482. The van der Waals surface area contributed by atoms with E-state index in [1.165, 1.54) is 18.2 Å². The molecule has 128 valence electrons. The minimum absolute atomic E-state index is 0.0243. The summed E-state index contributed by atoms with van der Waals surface area (Å²) in [7, 11) is -9.48. The first-order valence-electron chi connectivity index (χ1n) is 6.36. The first kappa shape index (κ1) is 18.4. The maximum Gasteiger partial charge on any atom is 0.295 e. The number of anilines is 1. The van der Waals surface area contributed by atoms with Gasteiger partial charge in [0, 0.05) is 17.3 Å². The zero-order valence-corrected chi connectivity index (χ0v) is 13.8. The van der Waals surface area contributed by atoms with Gasteiger partial charge in [-0.2, -0.15) is 27.4 Å². The molecule has 0 aliphatic carbocycles. The SMILES string of the molecule is N#CC(C#N)=CNc1ccc2cc(S(=O)(=O)O)cc(S(=O)(=O)O)c2c1. The second kappa shape index (κ2) is 6.51. The van der Waals surface area contributed by atoms with Crippen LogP contribution in [0.5, 0.6) is 0 Å². The molecule has 3 N–H and O–H groups in total. The van der Waals surface area contributed by atoms with Crippen LogP contribution < -0.4 is 5.32 Å². The van der Waals surface area contributed by atoms with E-state index in [1.807, 2.05) is 0 Å². The average molecular weight is 379 g/mol. The molecule has 0 unspecified atom stereocenters. The number of benzene rings is 2. The summed E-state index contributed by atoms with van der Waals surface area (Å²) in [5.41, 5.74) is 0.0526. The normalized spacial score (nSPS) is 11.4. The third-order valence-electron chi connectivity index (χ3n) is 3.09. The molecule has 0 heterocycles. The van der Waals surface area contributed by atoms with Crippen molar-refractivity contribution < 1.29 is 25.9 Å². The Morgan fingerprint density at radius 2 is 1.64 bits per heavy atom. The van der Waals surface area contributed by atoms with Crippen LogP contribution in [0, 0.1) is 22.7 Å². The van der Waals surface area contributed by atoms with Crippen LogP contribution in [-0.2, 0) is 20.2 Å². The van der Waals surface area contributed by atoms with Crippen molar-refractivity contribution in [1.29, 1.82) is 10.5 Å². The number of nitrogens with zero attached hydrogens (tertiary/aromatic N) is 2. The first-order valence-corrected chi connectivity index (χ1v) is 9.24. The fraction of sp³-hybridized carbons (Fsp3) is 0. The van der Waals surface area contributed by atoms with Crippen molar-refractivity contribution in [2.45, 2.75) is 9.79 Å². The van der Waals surface area contributed by atoms with Crippen molar-refractivity contribution in [2.75, 3.05) is 5.32 Å². The quantitative estimate of drug-likeness (QED) is 0.528. The fourth-order valence-electron chi connectivity index (χ4n) is 1.99. The second-order valence-corrected chi connectivity index (χ2v) is 7.54. The van der Waals surface area contributed by atoms with Crippen molar-refractivity contribution in [1.82, 2.24) is 0 Å². The van der Waals surface area contributed by atoms with Gasteiger partial charge < -0.3 is 5.32 Å². The van der Waals surface area contributed by atoms with E-state index < -0.39 is 30.0 Å². The van der Waals surface area contributed by atoms with Crippen molar-refractivity contribution in [3.05, 3.63) is 42.1 Å². The van der Waals surface area contributed by atoms with Crippen molar-refractivity contribution >= 4 is 36.7 Å². The van der Waals surface area contributed by atoms with Gasteiger partial charge in [-0.1, -0.05) is 6.07 Å². The topological polar surface area (TPSA) is 168 Å². The van der Waals surface area contributed by atoms with Crippen LogP contribution in [0.25, 0.3) is 10.8 Å². The molecular formula is C14H9N3O6S2. The lowest BCUT2D eigenvalue weighted by atomic mass is 10.1. The van der Waals surface area contributed by atoms with E-state index in [9.17, 15) is 21.4 Å². The molecule has 2 aromatic carbocycles. The van der Waals surface area contributed by atoms with Crippen LogP contribution in [0.2, 0.25) is 0 Å². The number of hydrogen-bond acceptors (Lipinski definition) is 7. The molecule has 2 aromatic rings. The van der Waals surface area contributed by atoms with E-state index in [-0.39, 0.29) is 22.0 Å². The molecule has 0 spiro atoms. The lowest BCUT2D eigenvalue weighted by Gasteiger charge is -2.09. The standard InChI is InChI=1S/C14H9N3O6S2/c15-6-9(7-16)8-17-11-2-1-10-3-12(24(18,19)20)5-14(13(10)4-11)25(21,22)23/h1-5,8,17H,(H,18,19,20)(H,21,22,23). The van der Waals surface area contributed by atoms with E-state index in [2.05, 4.69) is 5.32 Å². The Kier molecular flexibility index (Phi) is 4.78. The molecule has 0 fully saturated rings. The van der Waals surface area contributed by atoms with Gasteiger partial charge in [-0.15, -0.1) is 0 Å². The van der Waals surface area contributed by atoms with Gasteiger partial charge in [0.15, 0.2) is 0 Å². The first-order chi connectivity index (χ1) is 11.6. The Bertz CT molecular complexity index is 1170. The predicted octanol–water partition coefficient (Wildman–Crippen LogP) is 1.68. The summed E-state index contributed by atoms with van der Waals surface area (Å²) in [5.74, 6) is 0. The third kappa shape index (κ3) is 4.12. The van der Waals surface area contributed by atoms with Gasteiger partial charge in [0.25, 0.3) is 20.2 Å². The summed E-state index contributed by atoms with van der Waals surface area (Å²) < 4.78 is 64.1. The average Bonchev–Trinajstić information content (AvgIpc) is 2.52.